The lowest BCUT2D eigenvalue weighted by Crippen LogP contribution is -2.31. The molecule has 0 aliphatic carbocycles. The number of hydrazine groups is 1. The summed E-state index contributed by atoms with van der Waals surface area (Å²) >= 11 is 6.02. The lowest BCUT2D eigenvalue weighted by Gasteiger charge is -2.14. The summed E-state index contributed by atoms with van der Waals surface area (Å²) in [4.78, 5) is 20.2. The summed E-state index contributed by atoms with van der Waals surface area (Å²) in [7, 11) is 0. The number of carbonyl (C=O) groups is 1. The molecule has 1 heterocycles. The van der Waals surface area contributed by atoms with Gasteiger partial charge >= 0.3 is 0 Å². The average Bonchev–Trinajstić information content (AvgIpc) is 2.65. The van der Waals surface area contributed by atoms with Crippen molar-refractivity contribution in [1.29, 1.82) is 0 Å². The zero-order valence-electron chi connectivity index (χ0n) is 14.3. The number of hydrogen-bond acceptors (Lipinski definition) is 6. The van der Waals surface area contributed by atoms with E-state index in [1.165, 1.54) is 24.5 Å². The summed E-state index contributed by atoms with van der Waals surface area (Å²) in [6, 6.07) is 11.0. The fourth-order valence-corrected chi connectivity index (χ4v) is 2.45. The number of benzene rings is 2. The molecule has 5 N–H and O–H groups in total. The van der Waals surface area contributed by atoms with Crippen molar-refractivity contribution >= 4 is 40.5 Å². The second kappa shape index (κ2) is 7.88. The van der Waals surface area contributed by atoms with E-state index in [1.54, 1.807) is 18.2 Å². The summed E-state index contributed by atoms with van der Waals surface area (Å²) in [5, 5.41) is 3.64. The third kappa shape index (κ3) is 4.24. The van der Waals surface area contributed by atoms with E-state index in [1.807, 2.05) is 13.0 Å². The molecule has 27 heavy (non-hydrogen) atoms. The largest absolute Gasteiger partial charge is 0.393 e. The van der Waals surface area contributed by atoms with E-state index in [0.717, 1.165) is 11.3 Å². The Morgan fingerprint density at radius 2 is 1.89 bits per heavy atom. The van der Waals surface area contributed by atoms with Crippen molar-refractivity contribution in [2.24, 2.45) is 0 Å². The Hall–Kier alpha value is -3.39. The van der Waals surface area contributed by atoms with Crippen LogP contribution in [0.15, 0.2) is 48.8 Å². The van der Waals surface area contributed by atoms with Gasteiger partial charge in [0.2, 0.25) is 0 Å². The van der Waals surface area contributed by atoms with Crippen molar-refractivity contribution in [3.63, 3.8) is 0 Å². The van der Waals surface area contributed by atoms with Crippen LogP contribution >= 0.6 is 11.6 Å². The number of aryl methyl sites for hydroxylation is 1. The average molecular weight is 387 g/mol. The zero-order chi connectivity index (χ0) is 19.4. The summed E-state index contributed by atoms with van der Waals surface area (Å²) in [5.41, 5.74) is 12.7. The van der Waals surface area contributed by atoms with E-state index >= 15 is 0 Å². The minimum Gasteiger partial charge on any atom is -0.393 e. The van der Waals surface area contributed by atoms with Gasteiger partial charge in [0.15, 0.2) is 11.6 Å². The first-order valence-electron chi connectivity index (χ1n) is 7.90. The highest BCUT2D eigenvalue weighted by molar-refractivity contribution is 6.30. The van der Waals surface area contributed by atoms with Gasteiger partial charge in [0.05, 0.1) is 5.56 Å². The van der Waals surface area contributed by atoms with Gasteiger partial charge in [-0.25, -0.2) is 14.4 Å². The van der Waals surface area contributed by atoms with Gasteiger partial charge in [0.25, 0.3) is 5.91 Å². The van der Waals surface area contributed by atoms with E-state index in [4.69, 9.17) is 17.3 Å². The lowest BCUT2D eigenvalue weighted by atomic mass is 10.2. The first kappa shape index (κ1) is 18.4. The van der Waals surface area contributed by atoms with Crippen LogP contribution in [0.2, 0.25) is 5.02 Å². The van der Waals surface area contributed by atoms with Crippen molar-refractivity contribution in [3.05, 3.63) is 70.8 Å². The number of anilines is 4. The van der Waals surface area contributed by atoms with Crippen LogP contribution in [0, 0.1) is 12.7 Å². The molecule has 1 aromatic heterocycles. The van der Waals surface area contributed by atoms with E-state index in [9.17, 15) is 9.18 Å². The highest BCUT2D eigenvalue weighted by Crippen LogP contribution is 2.28. The number of aromatic nitrogens is 2. The molecule has 0 saturated heterocycles. The van der Waals surface area contributed by atoms with Crippen LogP contribution in [0.3, 0.4) is 0 Å². The molecule has 0 radical (unpaired) electrons. The van der Waals surface area contributed by atoms with Gasteiger partial charge in [-0.3, -0.25) is 15.6 Å². The van der Waals surface area contributed by atoms with Gasteiger partial charge in [-0.05, 0) is 36.8 Å². The van der Waals surface area contributed by atoms with Crippen LogP contribution in [0.4, 0.5) is 27.4 Å². The molecule has 3 rings (SSSR count). The Balaban J connectivity index is 1.76. The van der Waals surface area contributed by atoms with E-state index in [2.05, 4.69) is 26.1 Å². The Labute approximate surface area is 159 Å². The Bertz CT molecular complexity index is 997. The van der Waals surface area contributed by atoms with Crippen molar-refractivity contribution in [2.45, 2.75) is 6.92 Å². The number of nitrogens with two attached hydrogens (primary N) is 1. The second-order valence-corrected chi connectivity index (χ2v) is 6.06. The molecule has 0 bridgehead atoms. The number of nitrogens with zero attached hydrogens (tertiary/aromatic N) is 2. The maximum atomic E-state index is 13.7. The maximum Gasteiger partial charge on any atom is 0.272 e. The molecule has 0 saturated carbocycles. The van der Waals surface area contributed by atoms with Crippen LogP contribution in [-0.2, 0) is 0 Å². The quantitative estimate of drug-likeness (QED) is 0.499. The summed E-state index contributed by atoms with van der Waals surface area (Å²) in [5.74, 6) is -0.799. The molecule has 9 heteroatoms. The number of nitrogens with one attached hydrogen (secondary N) is 3. The monoisotopic (exact) mass is 386 g/mol. The number of amides is 1. The molecular formula is C18H16ClFN6O. The molecular weight excluding hydrogens is 371 g/mol. The number of rotatable bonds is 5. The minimum atomic E-state index is -0.661. The molecule has 138 valence electrons. The SMILES string of the molecule is Cc1ccc(Cl)cc1Nc1ncnc(NNC(=O)c2ccccc2F)c1N. The zero-order valence-corrected chi connectivity index (χ0v) is 15.0. The predicted molar refractivity (Wildman–Crippen MR) is 103 cm³/mol. The molecule has 0 atom stereocenters. The van der Waals surface area contributed by atoms with Gasteiger partial charge < -0.3 is 11.1 Å². The Morgan fingerprint density at radius 3 is 2.67 bits per heavy atom. The van der Waals surface area contributed by atoms with Crippen LogP contribution in [-0.4, -0.2) is 15.9 Å². The molecule has 0 aliphatic rings. The highest BCUT2D eigenvalue weighted by atomic mass is 35.5. The number of hydrogen-bond donors (Lipinski definition) is 4. The van der Waals surface area contributed by atoms with Crippen LogP contribution in [0.1, 0.15) is 15.9 Å². The number of carbonyl (C=O) groups excluding carboxylic acids is 1. The summed E-state index contributed by atoms with van der Waals surface area (Å²) in [6.45, 7) is 1.91. The Morgan fingerprint density at radius 1 is 1.15 bits per heavy atom. The normalized spacial score (nSPS) is 10.3. The van der Waals surface area contributed by atoms with Gasteiger partial charge in [-0.2, -0.15) is 0 Å². The van der Waals surface area contributed by atoms with Crippen LogP contribution in [0.25, 0.3) is 0 Å². The fraction of sp³-hybridized carbons (Fsp3) is 0.0556. The molecule has 1 amide bonds. The summed E-state index contributed by atoms with van der Waals surface area (Å²) in [6.07, 6.45) is 1.27. The van der Waals surface area contributed by atoms with Crippen molar-refractivity contribution < 1.29 is 9.18 Å². The fourth-order valence-electron chi connectivity index (χ4n) is 2.28. The number of halogens is 2. The van der Waals surface area contributed by atoms with Crippen molar-refractivity contribution in [2.75, 3.05) is 16.5 Å². The first-order chi connectivity index (χ1) is 13.0. The van der Waals surface area contributed by atoms with Gasteiger partial charge in [-0.15, -0.1) is 0 Å². The summed E-state index contributed by atoms with van der Waals surface area (Å²) < 4.78 is 13.7. The van der Waals surface area contributed by atoms with Gasteiger partial charge in [0, 0.05) is 10.7 Å². The van der Waals surface area contributed by atoms with E-state index < -0.39 is 11.7 Å². The predicted octanol–water partition coefficient (Wildman–Crippen LogP) is 3.66. The van der Waals surface area contributed by atoms with Crippen LogP contribution < -0.4 is 21.9 Å². The molecule has 3 aromatic rings. The second-order valence-electron chi connectivity index (χ2n) is 5.63. The highest BCUT2D eigenvalue weighted by Gasteiger charge is 2.13. The molecule has 0 unspecified atom stereocenters. The minimum absolute atomic E-state index is 0.106. The van der Waals surface area contributed by atoms with Gasteiger partial charge in [-0.1, -0.05) is 29.8 Å². The molecule has 0 aliphatic heterocycles. The third-order valence-corrected chi connectivity index (χ3v) is 3.98. The topological polar surface area (TPSA) is 105 Å². The standard InChI is InChI=1S/C18H16ClFN6O/c1-10-6-7-11(19)8-14(10)24-16-15(21)17(23-9-22-16)25-26-18(27)12-4-2-3-5-13(12)20/h2-9H,21H2,1H3,(H,26,27)(H2,22,23,24,25). The first-order valence-corrected chi connectivity index (χ1v) is 8.28. The number of nitrogen functional groups attached to an aromatic ring is 1. The molecule has 2 aromatic carbocycles. The molecule has 7 nitrogen and oxygen atoms in total. The van der Waals surface area contributed by atoms with E-state index in [-0.39, 0.29) is 17.1 Å². The Kier molecular flexibility index (Phi) is 5.37. The third-order valence-electron chi connectivity index (χ3n) is 3.75. The van der Waals surface area contributed by atoms with Crippen molar-refractivity contribution in [3.8, 4) is 0 Å². The molecule has 0 fully saturated rings. The smallest absolute Gasteiger partial charge is 0.272 e. The van der Waals surface area contributed by atoms with Crippen LogP contribution in [0.5, 0.6) is 0 Å². The van der Waals surface area contributed by atoms with E-state index in [0.29, 0.717) is 10.8 Å². The van der Waals surface area contributed by atoms with Crippen molar-refractivity contribution in [1.82, 2.24) is 15.4 Å². The maximum absolute atomic E-state index is 13.7. The lowest BCUT2D eigenvalue weighted by molar-refractivity contribution is 0.0958. The molecule has 0 spiro atoms. The van der Waals surface area contributed by atoms with Gasteiger partial charge in [0.1, 0.15) is 17.8 Å².